The highest BCUT2D eigenvalue weighted by atomic mass is 35.5. The number of hydrogen-bond acceptors (Lipinski definition) is 3. The molecule has 1 amide bonds. The normalized spacial score (nSPS) is 24.5. The molecule has 1 aromatic rings. The number of halogens is 1. The van der Waals surface area contributed by atoms with Crippen molar-refractivity contribution in [2.75, 3.05) is 39.3 Å². The minimum Gasteiger partial charge on any atom is -0.450 e. The molecule has 2 heterocycles. The first-order chi connectivity index (χ1) is 12.7. The van der Waals surface area contributed by atoms with E-state index in [4.69, 9.17) is 4.74 Å². The summed E-state index contributed by atoms with van der Waals surface area (Å²) >= 11 is 0. The molecular weight excluding hydrogens is 360 g/mol. The summed E-state index contributed by atoms with van der Waals surface area (Å²) in [7, 11) is 0. The number of rotatable bonds is 5. The fourth-order valence-corrected chi connectivity index (χ4v) is 4.75. The third-order valence-corrected chi connectivity index (χ3v) is 6.24. The number of allylic oxidation sites excluding steroid dienone is 1. The molecule has 0 N–H and O–H groups in total. The number of ether oxygens (including phenoxy) is 1. The number of amides is 1. The van der Waals surface area contributed by atoms with Crippen LogP contribution in [-0.4, -0.2) is 55.2 Å². The predicted molar refractivity (Wildman–Crippen MR) is 111 cm³/mol. The summed E-state index contributed by atoms with van der Waals surface area (Å²) in [6.45, 7) is 7.58. The second-order valence-electron chi connectivity index (χ2n) is 7.85. The van der Waals surface area contributed by atoms with Crippen LogP contribution in [0, 0.1) is 5.92 Å². The first-order valence-electron chi connectivity index (χ1n) is 10.2. The molecule has 27 heavy (non-hydrogen) atoms. The van der Waals surface area contributed by atoms with Gasteiger partial charge in [-0.2, -0.15) is 0 Å². The van der Waals surface area contributed by atoms with Crippen LogP contribution in [0.4, 0.5) is 4.79 Å². The lowest BCUT2D eigenvalue weighted by atomic mass is 9.86. The Hall–Kier alpha value is -1.52. The van der Waals surface area contributed by atoms with E-state index in [1.54, 1.807) is 0 Å². The average Bonchev–Trinajstić information content (AvgIpc) is 3.37. The molecular formula is C22H31ClN2O2. The quantitative estimate of drug-likeness (QED) is 0.704. The van der Waals surface area contributed by atoms with Crippen LogP contribution in [0.1, 0.15) is 43.2 Å². The van der Waals surface area contributed by atoms with Gasteiger partial charge < -0.3 is 14.5 Å². The van der Waals surface area contributed by atoms with Gasteiger partial charge in [-0.25, -0.2) is 4.79 Å². The molecule has 2 aliphatic heterocycles. The smallest absolute Gasteiger partial charge is 0.410 e. The van der Waals surface area contributed by atoms with E-state index < -0.39 is 0 Å². The molecule has 4 nitrogen and oxygen atoms in total. The molecule has 0 aromatic heterocycles. The zero-order valence-corrected chi connectivity index (χ0v) is 17.0. The Labute approximate surface area is 169 Å². The molecule has 3 aliphatic rings. The summed E-state index contributed by atoms with van der Waals surface area (Å²) in [6.07, 6.45) is 7.15. The van der Waals surface area contributed by atoms with Crippen LogP contribution in [0.25, 0.3) is 0 Å². The first kappa shape index (κ1) is 20.2. The van der Waals surface area contributed by atoms with Gasteiger partial charge in [0, 0.05) is 25.6 Å². The van der Waals surface area contributed by atoms with E-state index in [0.29, 0.717) is 18.4 Å². The second-order valence-corrected chi connectivity index (χ2v) is 7.85. The molecule has 0 radical (unpaired) electrons. The maximum absolute atomic E-state index is 12.0. The zero-order valence-electron chi connectivity index (χ0n) is 16.2. The molecule has 0 bridgehead atoms. The van der Waals surface area contributed by atoms with Crippen molar-refractivity contribution in [1.29, 1.82) is 0 Å². The van der Waals surface area contributed by atoms with Crippen LogP contribution in [0.3, 0.4) is 0 Å². The minimum atomic E-state index is -0.168. The molecule has 2 atom stereocenters. The topological polar surface area (TPSA) is 32.8 Å². The van der Waals surface area contributed by atoms with Crippen molar-refractivity contribution in [3.8, 4) is 0 Å². The number of nitrogens with zero attached hydrogens (tertiary/aromatic N) is 2. The molecule has 4 rings (SSSR count). The van der Waals surface area contributed by atoms with Crippen molar-refractivity contribution in [2.24, 2.45) is 5.92 Å². The van der Waals surface area contributed by atoms with Gasteiger partial charge in [0.15, 0.2) is 0 Å². The van der Waals surface area contributed by atoms with Crippen LogP contribution in [0.2, 0.25) is 0 Å². The first-order valence-corrected chi connectivity index (χ1v) is 10.2. The van der Waals surface area contributed by atoms with Crippen molar-refractivity contribution in [1.82, 2.24) is 9.80 Å². The van der Waals surface area contributed by atoms with Crippen molar-refractivity contribution in [3.05, 3.63) is 47.0 Å². The third kappa shape index (κ3) is 4.49. The van der Waals surface area contributed by atoms with E-state index in [1.165, 1.54) is 49.2 Å². The number of benzene rings is 1. The highest BCUT2D eigenvalue weighted by Crippen LogP contribution is 2.43. The van der Waals surface area contributed by atoms with Crippen molar-refractivity contribution >= 4 is 18.5 Å². The predicted octanol–water partition coefficient (Wildman–Crippen LogP) is 4.25. The van der Waals surface area contributed by atoms with Gasteiger partial charge in [-0.3, -0.25) is 0 Å². The van der Waals surface area contributed by atoms with Crippen molar-refractivity contribution in [3.63, 3.8) is 0 Å². The zero-order chi connectivity index (χ0) is 17.9. The summed E-state index contributed by atoms with van der Waals surface area (Å²) < 4.78 is 5.17. The Balaban J connectivity index is 0.00000210. The van der Waals surface area contributed by atoms with Gasteiger partial charge in [0.05, 0.1) is 6.61 Å². The van der Waals surface area contributed by atoms with Crippen LogP contribution in [0.15, 0.2) is 35.9 Å². The Morgan fingerprint density at radius 2 is 1.89 bits per heavy atom. The molecule has 1 aliphatic carbocycles. The third-order valence-electron chi connectivity index (χ3n) is 6.24. The monoisotopic (exact) mass is 390 g/mol. The van der Waals surface area contributed by atoms with Gasteiger partial charge >= 0.3 is 6.09 Å². The van der Waals surface area contributed by atoms with Crippen LogP contribution < -0.4 is 0 Å². The Bertz CT molecular complexity index is 667. The minimum absolute atomic E-state index is 0. The second kappa shape index (κ2) is 9.11. The number of fused-ring (bicyclic) bond motifs is 1. The van der Waals surface area contributed by atoms with E-state index in [1.807, 2.05) is 11.8 Å². The largest absolute Gasteiger partial charge is 0.450 e. The highest BCUT2D eigenvalue weighted by molar-refractivity contribution is 5.85. The average molecular weight is 391 g/mol. The summed E-state index contributed by atoms with van der Waals surface area (Å²) in [6, 6.07) is 9.24. The number of hydrogen-bond donors (Lipinski definition) is 0. The Kier molecular flexibility index (Phi) is 6.83. The molecule has 0 saturated carbocycles. The molecule has 5 heteroatoms. The number of carbonyl (C=O) groups is 1. The summed E-state index contributed by atoms with van der Waals surface area (Å²) in [4.78, 5) is 16.4. The summed E-state index contributed by atoms with van der Waals surface area (Å²) in [5.74, 6) is 0.979. The fourth-order valence-electron chi connectivity index (χ4n) is 4.75. The van der Waals surface area contributed by atoms with E-state index in [-0.39, 0.29) is 18.5 Å². The van der Waals surface area contributed by atoms with Crippen LogP contribution in [-0.2, 0) is 11.2 Å². The lowest BCUT2D eigenvalue weighted by molar-refractivity contribution is 0.114. The number of likely N-dealkylation sites (tertiary alicyclic amines) is 2. The standard InChI is InChI=1S/C22H30N2O2.ClH/c1-2-26-22(25)24-15-19-9-10-20(21(19)16-24)18-7-5-17(6-8-18)11-14-23-12-3-4-13-23;/h5-9,20-21H,2-4,10-16H2,1H3;1H. The van der Waals surface area contributed by atoms with Gasteiger partial charge in [-0.05, 0) is 68.3 Å². The van der Waals surface area contributed by atoms with Gasteiger partial charge in [-0.1, -0.05) is 30.3 Å². The molecule has 0 spiro atoms. The molecule has 1 aromatic carbocycles. The van der Waals surface area contributed by atoms with E-state index >= 15 is 0 Å². The van der Waals surface area contributed by atoms with E-state index in [2.05, 4.69) is 35.2 Å². The number of carbonyl (C=O) groups excluding carboxylic acids is 1. The van der Waals surface area contributed by atoms with Crippen LogP contribution >= 0.6 is 12.4 Å². The molecule has 2 fully saturated rings. The molecule has 2 unspecified atom stereocenters. The van der Waals surface area contributed by atoms with E-state index in [9.17, 15) is 4.79 Å². The highest BCUT2D eigenvalue weighted by Gasteiger charge is 2.39. The lowest BCUT2D eigenvalue weighted by Gasteiger charge is -2.21. The van der Waals surface area contributed by atoms with Gasteiger partial charge in [-0.15, -0.1) is 12.4 Å². The maximum atomic E-state index is 12.0. The molecule has 148 valence electrons. The van der Waals surface area contributed by atoms with Crippen molar-refractivity contribution in [2.45, 2.75) is 38.5 Å². The van der Waals surface area contributed by atoms with Gasteiger partial charge in [0.1, 0.15) is 0 Å². The Morgan fingerprint density at radius 3 is 2.59 bits per heavy atom. The Morgan fingerprint density at radius 1 is 1.15 bits per heavy atom. The SMILES string of the molecule is CCOC(=O)N1CC2=CCC(c3ccc(CCN4CCCC4)cc3)C2C1.Cl. The van der Waals surface area contributed by atoms with Crippen molar-refractivity contribution < 1.29 is 9.53 Å². The fraction of sp³-hybridized carbons (Fsp3) is 0.591. The summed E-state index contributed by atoms with van der Waals surface area (Å²) in [5, 5.41) is 0. The summed E-state index contributed by atoms with van der Waals surface area (Å²) in [5.41, 5.74) is 4.27. The maximum Gasteiger partial charge on any atom is 0.410 e. The lowest BCUT2D eigenvalue weighted by Crippen LogP contribution is -2.30. The van der Waals surface area contributed by atoms with Gasteiger partial charge in [0.25, 0.3) is 0 Å². The van der Waals surface area contributed by atoms with Crippen LogP contribution in [0.5, 0.6) is 0 Å². The molecule has 2 saturated heterocycles. The van der Waals surface area contributed by atoms with Gasteiger partial charge in [0.2, 0.25) is 0 Å². The van der Waals surface area contributed by atoms with E-state index in [0.717, 1.165) is 25.9 Å².